The number of carbonyl (C=O) groups excluding carboxylic acids is 1. The molecule has 1 heterocycles. The maximum atomic E-state index is 11.8. The van der Waals surface area contributed by atoms with Gasteiger partial charge in [0, 0.05) is 19.7 Å². The Hall–Kier alpha value is -1.42. The van der Waals surface area contributed by atoms with E-state index in [1.165, 1.54) is 7.11 Å². The van der Waals surface area contributed by atoms with E-state index in [2.05, 4.69) is 4.98 Å². The monoisotopic (exact) mass is 208 g/mol. The number of carbonyl (C=O) groups is 1. The average Bonchev–Trinajstić information content (AvgIpc) is 2.17. The third-order valence-corrected chi connectivity index (χ3v) is 2.39. The smallest absolute Gasteiger partial charge is 0.168 e. The molecule has 0 aliphatic heterocycles. The van der Waals surface area contributed by atoms with Gasteiger partial charge in [-0.3, -0.25) is 4.79 Å². The summed E-state index contributed by atoms with van der Waals surface area (Å²) >= 11 is 0. The van der Waals surface area contributed by atoms with Crippen molar-refractivity contribution in [2.24, 2.45) is 0 Å². The largest absolute Gasteiger partial charge is 0.384 e. The van der Waals surface area contributed by atoms with E-state index < -0.39 is 5.60 Å². The highest BCUT2D eigenvalue weighted by Gasteiger charge is 2.26. The summed E-state index contributed by atoms with van der Waals surface area (Å²) in [7, 11) is 1.53. The molecule has 0 aliphatic rings. The summed E-state index contributed by atoms with van der Waals surface area (Å²) in [4.78, 5) is 15.7. The number of methoxy groups -OCH3 is 1. The predicted octanol–water partition coefficient (Wildman–Crippen LogP) is 1.20. The Morgan fingerprint density at radius 3 is 2.80 bits per heavy atom. The second-order valence-electron chi connectivity index (χ2n) is 3.90. The van der Waals surface area contributed by atoms with Crippen LogP contribution in [0.5, 0.6) is 0 Å². The lowest BCUT2D eigenvalue weighted by atomic mass is 9.97. The molecule has 4 nitrogen and oxygen atoms in total. The summed E-state index contributed by atoms with van der Waals surface area (Å²) in [6.07, 6.45) is 1.91. The van der Waals surface area contributed by atoms with E-state index in [1.54, 1.807) is 32.2 Å². The summed E-state index contributed by atoms with van der Waals surface area (Å²) in [6.45, 7) is 3.50. The lowest BCUT2D eigenvalue weighted by Gasteiger charge is -2.21. The Balaban J connectivity index is 2.75. The van der Waals surface area contributed by atoms with E-state index in [-0.39, 0.29) is 5.78 Å². The number of ether oxygens (including phenoxy) is 1. The van der Waals surface area contributed by atoms with Gasteiger partial charge in [-0.1, -0.05) is 0 Å². The van der Waals surface area contributed by atoms with Crippen LogP contribution in [-0.4, -0.2) is 23.5 Å². The van der Waals surface area contributed by atoms with E-state index in [9.17, 15) is 4.79 Å². The van der Waals surface area contributed by atoms with E-state index in [4.69, 9.17) is 10.5 Å². The maximum absolute atomic E-state index is 11.8. The molecule has 0 saturated carbocycles. The van der Waals surface area contributed by atoms with Gasteiger partial charge < -0.3 is 10.5 Å². The second kappa shape index (κ2) is 4.40. The minimum atomic E-state index is -0.752. The quantitative estimate of drug-likeness (QED) is 0.807. The van der Waals surface area contributed by atoms with Crippen molar-refractivity contribution in [3.8, 4) is 0 Å². The molecular weight excluding hydrogens is 192 g/mol. The van der Waals surface area contributed by atoms with Crippen LogP contribution in [-0.2, 0) is 16.0 Å². The van der Waals surface area contributed by atoms with Crippen LogP contribution in [0.15, 0.2) is 18.3 Å². The first-order valence-electron chi connectivity index (χ1n) is 4.74. The molecule has 0 saturated heterocycles. The average molecular weight is 208 g/mol. The van der Waals surface area contributed by atoms with Gasteiger partial charge >= 0.3 is 0 Å². The molecule has 0 unspecified atom stereocenters. The van der Waals surface area contributed by atoms with Crippen LogP contribution in [0.25, 0.3) is 0 Å². The highest BCUT2D eigenvalue weighted by Crippen LogP contribution is 2.13. The number of aromatic nitrogens is 1. The molecular formula is C11H16N2O2. The highest BCUT2D eigenvalue weighted by atomic mass is 16.5. The van der Waals surface area contributed by atoms with Crippen LogP contribution in [0.1, 0.15) is 19.4 Å². The molecule has 0 atom stereocenters. The molecule has 0 fully saturated rings. The van der Waals surface area contributed by atoms with Crippen LogP contribution in [0.2, 0.25) is 0 Å². The van der Waals surface area contributed by atoms with Crippen molar-refractivity contribution in [2.45, 2.75) is 25.9 Å². The van der Waals surface area contributed by atoms with Crippen molar-refractivity contribution < 1.29 is 9.53 Å². The molecule has 1 aromatic rings. The molecule has 1 rings (SSSR count). The molecule has 82 valence electrons. The molecule has 0 aromatic carbocycles. The van der Waals surface area contributed by atoms with Crippen molar-refractivity contribution in [1.29, 1.82) is 0 Å². The number of rotatable bonds is 4. The summed E-state index contributed by atoms with van der Waals surface area (Å²) < 4.78 is 5.11. The van der Waals surface area contributed by atoms with Crippen molar-refractivity contribution in [3.05, 3.63) is 23.9 Å². The number of nitrogens with two attached hydrogens (primary N) is 1. The van der Waals surface area contributed by atoms with Gasteiger partial charge in [0.2, 0.25) is 0 Å². The zero-order valence-corrected chi connectivity index (χ0v) is 9.28. The fourth-order valence-electron chi connectivity index (χ4n) is 1.12. The van der Waals surface area contributed by atoms with Gasteiger partial charge in [-0.25, -0.2) is 4.98 Å². The van der Waals surface area contributed by atoms with Gasteiger partial charge in [0.25, 0.3) is 0 Å². The standard InChI is InChI=1S/C11H16N2O2/c1-11(2,15-3)9(14)6-8-4-5-13-10(12)7-8/h4-5,7H,6H2,1-3H3,(H2,12,13). The van der Waals surface area contributed by atoms with Crippen molar-refractivity contribution >= 4 is 11.6 Å². The second-order valence-corrected chi connectivity index (χ2v) is 3.90. The zero-order chi connectivity index (χ0) is 11.5. The third-order valence-electron chi connectivity index (χ3n) is 2.39. The molecule has 0 aliphatic carbocycles. The Morgan fingerprint density at radius 1 is 1.60 bits per heavy atom. The lowest BCUT2D eigenvalue weighted by molar-refractivity contribution is -0.136. The van der Waals surface area contributed by atoms with Gasteiger partial charge in [0.1, 0.15) is 11.4 Å². The molecule has 0 amide bonds. The number of hydrogen-bond donors (Lipinski definition) is 1. The molecule has 2 N–H and O–H groups in total. The highest BCUT2D eigenvalue weighted by molar-refractivity contribution is 5.88. The molecule has 15 heavy (non-hydrogen) atoms. The molecule has 1 aromatic heterocycles. The van der Waals surface area contributed by atoms with E-state index in [0.29, 0.717) is 12.2 Å². The Kier molecular flexibility index (Phi) is 3.42. The lowest BCUT2D eigenvalue weighted by Crippen LogP contribution is -2.35. The summed E-state index contributed by atoms with van der Waals surface area (Å²) in [6, 6.07) is 3.48. The minimum absolute atomic E-state index is 0.0237. The van der Waals surface area contributed by atoms with Gasteiger partial charge in [-0.2, -0.15) is 0 Å². The van der Waals surface area contributed by atoms with Crippen LogP contribution >= 0.6 is 0 Å². The van der Waals surface area contributed by atoms with Gasteiger partial charge in [-0.15, -0.1) is 0 Å². The molecule has 0 radical (unpaired) electrons. The summed E-state index contributed by atoms with van der Waals surface area (Å²) in [5, 5.41) is 0. The number of Topliss-reactive ketones (excluding diaryl/α,β-unsaturated/α-hetero) is 1. The van der Waals surface area contributed by atoms with Crippen molar-refractivity contribution in [3.63, 3.8) is 0 Å². The number of pyridine rings is 1. The van der Waals surface area contributed by atoms with Crippen LogP contribution < -0.4 is 5.73 Å². The van der Waals surface area contributed by atoms with Crippen molar-refractivity contribution in [2.75, 3.05) is 12.8 Å². The third kappa shape index (κ3) is 3.02. The SMILES string of the molecule is COC(C)(C)C(=O)Cc1ccnc(N)c1. The van der Waals surface area contributed by atoms with E-state index in [0.717, 1.165) is 5.56 Å². The molecule has 0 spiro atoms. The Labute approximate surface area is 89.5 Å². The van der Waals surface area contributed by atoms with Crippen LogP contribution in [0.3, 0.4) is 0 Å². The zero-order valence-electron chi connectivity index (χ0n) is 9.28. The number of nitrogen functional groups attached to an aromatic ring is 1. The number of ketones is 1. The maximum Gasteiger partial charge on any atom is 0.168 e. The minimum Gasteiger partial charge on any atom is -0.384 e. The Morgan fingerprint density at radius 2 is 2.27 bits per heavy atom. The number of anilines is 1. The summed E-state index contributed by atoms with van der Waals surface area (Å²) in [5.74, 6) is 0.450. The van der Waals surface area contributed by atoms with Crippen LogP contribution in [0.4, 0.5) is 5.82 Å². The van der Waals surface area contributed by atoms with Crippen molar-refractivity contribution in [1.82, 2.24) is 4.98 Å². The fraction of sp³-hybridized carbons (Fsp3) is 0.455. The molecule has 0 bridgehead atoms. The normalized spacial score (nSPS) is 11.4. The number of nitrogens with zero attached hydrogens (tertiary/aromatic N) is 1. The predicted molar refractivity (Wildman–Crippen MR) is 58.4 cm³/mol. The number of hydrogen-bond acceptors (Lipinski definition) is 4. The first kappa shape index (κ1) is 11.7. The summed E-state index contributed by atoms with van der Waals surface area (Å²) in [5.41, 5.74) is 5.63. The van der Waals surface area contributed by atoms with Crippen LogP contribution in [0, 0.1) is 0 Å². The first-order chi connectivity index (χ1) is 6.95. The Bertz CT molecular complexity index is 361. The van der Waals surface area contributed by atoms with E-state index in [1.807, 2.05) is 0 Å². The van der Waals surface area contributed by atoms with E-state index >= 15 is 0 Å². The van der Waals surface area contributed by atoms with Gasteiger partial charge in [0.15, 0.2) is 5.78 Å². The topological polar surface area (TPSA) is 65.2 Å². The first-order valence-corrected chi connectivity index (χ1v) is 4.74. The molecule has 4 heteroatoms. The fourth-order valence-corrected chi connectivity index (χ4v) is 1.12. The van der Waals surface area contributed by atoms with Gasteiger partial charge in [-0.05, 0) is 31.5 Å². The van der Waals surface area contributed by atoms with Gasteiger partial charge in [0.05, 0.1) is 0 Å².